The molecule has 3 heteroatoms. The Bertz CT molecular complexity index is 721. The number of hydrogen-bond acceptors (Lipinski definition) is 1. The van der Waals surface area contributed by atoms with Gasteiger partial charge in [-0.1, -0.05) is 74.9 Å². The quantitative estimate of drug-likeness (QED) is 0.688. The lowest BCUT2D eigenvalue weighted by molar-refractivity contribution is 0.114. The fourth-order valence-corrected chi connectivity index (χ4v) is 4.86. The molecule has 2 amide bonds. The van der Waals surface area contributed by atoms with Crippen LogP contribution in [0.4, 0.5) is 10.5 Å². The SMILES string of the molecule is O=C(Nc1cccc2ccccc12)N(C1CCCCC1)C1CCCCC1. The summed E-state index contributed by atoms with van der Waals surface area (Å²) >= 11 is 0. The van der Waals surface area contributed by atoms with Crippen LogP contribution in [0, 0.1) is 0 Å². The van der Waals surface area contributed by atoms with Crippen LogP contribution in [0.15, 0.2) is 42.5 Å². The van der Waals surface area contributed by atoms with Gasteiger partial charge in [0.1, 0.15) is 0 Å². The summed E-state index contributed by atoms with van der Waals surface area (Å²) in [5, 5.41) is 5.56. The standard InChI is InChI=1S/C23H30N2O/c26-23(24-22-17-9-11-18-10-7-8-16-21(18)22)25(19-12-3-1-4-13-19)20-14-5-2-6-15-20/h7-11,16-17,19-20H,1-6,12-15H2,(H,24,26). The van der Waals surface area contributed by atoms with E-state index >= 15 is 0 Å². The molecule has 2 saturated carbocycles. The lowest BCUT2D eigenvalue weighted by atomic mass is 9.89. The van der Waals surface area contributed by atoms with Crippen LogP contribution in [0.1, 0.15) is 64.2 Å². The van der Waals surface area contributed by atoms with Crippen molar-refractivity contribution in [1.82, 2.24) is 4.90 Å². The van der Waals surface area contributed by atoms with Crippen molar-refractivity contribution in [3.8, 4) is 0 Å². The minimum absolute atomic E-state index is 0.111. The zero-order valence-electron chi connectivity index (χ0n) is 15.6. The van der Waals surface area contributed by atoms with Gasteiger partial charge in [0.2, 0.25) is 0 Å². The van der Waals surface area contributed by atoms with Crippen molar-refractivity contribution in [3.63, 3.8) is 0 Å². The number of nitrogens with one attached hydrogen (secondary N) is 1. The number of carbonyl (C=O) groups excluding carboxylic acids is 1. The maximum Gasteiger partial charge on any atom is 0.322 e. The molecule has 0 spiro atoms. The number of anilines is 1. The highest BCUT2D eigenvalue weighted by Gasteiger charge is 2.32. The molecule has 0 aromatic heterocycles. The van der Waals surface area contributed by atoms with E-state index in [1.807, 2.05) is 24.3 Å². The number of nitrogens with zero attached hydrogens (tertiary/aromatic N) is 1. The lowest BCUT2D eigenvalue weighted by Crippen LogP contribution is -2.50. The molecule has 26 heavy (non-hydrogen) atoms. The van der Waals surface area contributed by atoms with E-state index in [0.717, 1.165) is 11.1 Å². The Morgan fingerprint density at radius 3 is 2.00 bits per heavy atom. The van der Waals surface area contributed by atoms with E-state index < -0.39 is 0 Å². The van der Waals surface area contributed by atoms with Crippen molar-refractivity contribution in [3.05, 3.63) is 42.5 Å². The van der Waals surface area contributed by atoms with E-state index in [0.29, 0.717) is 12.1 Å². The molecule has 2 aliphatic rings. The highest BCUT2D eigenvalue weighted by Crippen LogP contribution is 2.31. The van der Waals surface area contributed by atoms with Crippen molar-refractivity contribution in [2.45, 2.75) is 76.3 Å². The second kappa shape index (κ2) is 8.11. The summed E-state index contributed by atoms with van der Waals surface area (Å²) in [5.74, 6) is 0. The monoisotopic (exact) mass is 350 g/mol. The van der Waals surface area contributed by atoms with E-state index in [1.165, 1.54) is 69.6 Å². The Morgan fingerprint density at radius 1 is 0.769 bits per heavy atom. The molecule has 3 nitrogen and oxygen atoms in total. The second-order valence-electron chi connectivity index (χ2n) is 7.95. The number of rotatable bonds is 3. The molecular weight excluding hydrogens is 320 g/mol. The highest BCUT2D eigenvalue weighted by atomic mass is 16.2. The van der Waals surface area contributed by atoms with E-state index in [1.54, 1.807) is 0 Å². The summed E-state index contributed by atoms with van der Waals surface area (Å²) in [4.78, 5) is 15.6. The van der Waals surface area contributed by atoms with Crippen LogP contribution >= 0.6 is 0 Å². The van der Waals surface area contributed by atoms with Crippen LogP contribution in [0.25, 0.3) is 10.8 Å². The van der Waals surface area contributed by atoms with E-state index in [-0.39, 0.29) is 6.03 Å². The minimum atomic E-state index is 0.111. The van der Waals surface area contributed by atoms with Crippen molar-refractivity contribution >= 4 is 22.5 Å². The number of amides is 2. The topological polar surface area (TPSA) is 32.3 Å². The third-order valence-corrected chi connectivity index (χ3v) is 6.20. The maximum atomic E-state index is 13.4. The van der Waals surface area contributed by atoms with Crippen LogP contribution in [0.3, 0.4) is 0 Å². The fourth-order valence-electron chi connectivity index (χ4n) is 4.86. The van der Waals surface area contributed by atoms with Gasteiger partial charge < -0.3 is 10.2 Å². The number of carbonyl (C=O) groups is 1. The van der Waals surface area contributed by atoms with Crippen molar-refractivity contribution < 1.29 is 4.79 Å². The molecule has 0 unspecified atom stereocenters. The summed E-state index contributed by atoms with van der Waals surface area (Å²) in [6.07, 6.45) is 12.3. The van der Waals surface area contributed by atoms with Gasteiger partial charge >= 0.3 is 6.03 Å². The third kappa shape index (κ3) is 3.72. The molecule has 4 rings (SSSR count). The van der Waals surface area contributed by atoms with Crippen molar-refractivity contribution in [1.29, 1.82) is 0 Å². The zero-order chi connectivity index (χ0) is 17.8. The molecule has 0 bridgehead atoms. The minimum Gasteiger partial charge on any atom is -0.319 e. The van der Waals surface area contributed by atoms with Gasteiger partial charge in [0.15, 0.2) is 0 Å². The number of benzene rings is 2. The number of hydrogen-bond donors (Lipinski definition) is 1. The van der Waals surface area contributed by atoms with E-state index in [2.05, 4.69) is 28.4 Å². The molecule has 0 saturated heterocycles. The van der Waals surface area contributed by atoms with Crippen molar-refractivity contribution in [2.24, 2.45) is 0 Å². The van der Waals surface area contributed by atoms with Gasteiger partial charge in [0, 0.05) is 17.5 Å². The number of fused-ring (bicyclic) bond motifs is 1. The molecule has 2 aromatic rings. The normalized spacial score (nSPS) is 19.4. The lowest BCUT2D eigenvalue weighted by Gasteiger charge is -2.41. The Labute approximate surface area is 156 Å². The van der Waals surface area contributed by atoms with Crippen LogP contribution in [0.2, 0.25) is 0 Å². The Kier molecular flexibility index (Phi) is 5.42. The predicted molar refractivity (Wildman–Crippen MR) is 109 cm³/mol. The first-order valence-electron chi connectivity index (χ1n) is 10.4. The molecule has 138 valence electrons. The van der Waals surface area contributed by atoms with Crippen LogP contribution in [0.5, 0.6) is 0 Å². The van der Waals surface area contributed by atoms with E-state index in [4.69, 9.17) is 0 Å². The second-order valence-corrected chi connectivity index (χ2v) is 7.95. The van der Waals surface area contributed by atoms with Gasteiger partial charge in [-0.15, -0.1) is 0 Å². The summed E-state index contributed by atoms with van der Waals surface area (Å²) < 4.78 is 0. The molecule has 2 aromatic carbocycles. The van der Waals surface area contributed by atoms with Crippen molar-refractivity contribution in [2.75, 3.05) is 5.32 Å². The molecule has 0 atom stereocenters. The Morgan fingerprint density at radius 2 is 1.35 bits per heavy atom. The van der Waals surface area contributed by atoms with Gasteiger partial charge in [-0.3, -0.25) is 0 Å². The van der Waals surface area contributed by atoms with E-state index in [9.17, 15) is 4.79 Å². The van der Waals surface area contributed by atoms with Crippen LogP contribution in [-0.2, 0) is 0 Å². The molecule has 0 radical (unpaired) electrons. The largest absolute Gasteiger partial charge is 0.322 e. The molecule has 2 aliphatic carbocycles. The first-order chi connectivity index (χ1) is 12.8. The average Bonchev–Trinajstić information content (AvgIpc) is 2.70. The molecule has 1 N–H and O–H groups in total. The van der Waals surface area contributed by atoms with Gasteiger partial charge in [0.05, 0.1) is 5.69 Å². The van der Waals surface area contributed by atoms with Gasteiger partial charge in [-0.05, 0) is 37.1 Å². The smallest absolute Gasteiger partial charge is 0.319 e. The fraction of sp³-hybridized carbons (Fsp3) is 0.522. The van der Waals surface area contributed by atoms with Crippen LogP contribution in [-0.4, -0.2) is 23.0 Å². The Balaban J connectivity index is 1.58. The number of urea groups is 1. The first-order valence-corrected chi connectivity index (χ1v) is 10.4. The average molecular weight is 351 g/mol. The zero-order valence-corrected chi connectivity index (χ0v) is 15.6. The molecule has 0 heterocycles. The van der Waals surface area contributed by atoms with Gasteiger partial charge in [-0.25, -0.2) is 4.79 Å². The molecule has 0 aliphatic heterocycles. The van der Waals surface area contributed by atoms with Gasteiger partial charge in [0.25, 0.3) is 0 Å². The summed E-state index contributed by atoms with van der Waals surface area (Å²) in [6.45, 7) is 0. The first kappa shape index (κ1) is 17.4. The van der Waals surface area contributed by atoms with Gasteiger partial charge in [-0.2, -0.15) is 0 Å². The Hall–Kier alpha value is -2.03. The summed E-state index contributed by atoms with van der Waals surface area (Å²) in [5.41, 5.74) is 0.935. The third-order valence-electron chi connectivity index (χ3n) is 6.20. The highest BCUT2D eigenvalue weighted by molar-refractivity contribution is 6.01. The predicted octanol–water partition coefficient (Wildman–Crippen LogP) is 6.34. The molecule has 2 fully saturated rings. The summed E-state index contributed by atoms with van der Waals surface area (Å²) in [7, 11) is 0. The molecular formula is C23H30N2O. The maximum absolute atomic E-state index is 13.4. The summed E-state index contributed by atoms with van der Waals surface area (Å²) in [6, 6.07) is 15.4. The van der Waals surface area contributed by atoms with Crippen LogP contribution < -0.4 is 5.32 Å².